The summed E-state index contributed by atoms with van der Waals surface area (Å²) in [4.78, 5) is 15.7. The first-order valence-corrected chi connectivity index (χ1v) is 9.01. The molecule has 1 aromatic rings. The number of rotatable bonds is 7. The van der Waals surface area contributed by atoms with Crippen LogP contribution in [0.1, 0.15) is 33.6 Å². The molecule has 0 aromatic carbocycles. The van der Waals surface area contributed by atoms with Gasteiger partial charge < -0.3 is 15.5 Å². The lowest BCUT2D eigenvalue weighted by Crippen LogP contribution is -2.28. The van der Waals surface area contributed by atoms with Crippen LogP contribution >= 0.6 is 11.8 Å². The van der Waals surface area contributed by atoms with E-state index in [9.17, 15) is 0 Å². The van der Waals surface area contributed by atoms with Crippen molar-refractivity contribution >= 4 is 29.6 Å². The first-order chi connectivity index (χ1) is 10.3. The summed E-state index contributed by atoms with van der Waals surface area (Å²) < 4.78 is 0. The number of nitrogens with zero attached hydrogens (tertiary/aromatic N) is 4. The van der Waals surface area contributed by atoms with Gasteiger partial charge in [0.1, 0.15) is 0 Å². The van der Waals surface area contributed by atoms with Gasteiger partial charge in [-0.3, -0.25) is 0 Å². The summed E-state index contributed by atoms with van der Waals surface area (Å²) in [5.41, 5.74) is 0. The first kappa shape index (κ1) is 16.1. The zero-order chi connectivity index (χ0) is 15.1. The Bertz CT molecular complexity index is 431. The smallest absolute Gasteiger partial charge is 0.231 e. The highest BCUT2D eigenvalue weighted by Gasteiger charge is 2.17. The largest absolute Gasteiger partial charge is 0.354 e. The van der Waals surface area contributed by atoms with E-state index in [4.69, 9.17) is 0 Å². The van der Waals surface area contributed by atoms with Crippen LogP contribution in [0.15, 0.2) is 0 Å². The second-order valence-corrected chi connectivity index (χ2v) is 6.24. The Labute approximate surface area is 131 Å². The summed E-state index contributed by atoms with van der Waals surface area (Å²) in [6, 6.07) is 0.479. The molecule has 1 aliphatic heterocycles. The van der Waals surface area contributed by atoms with Crippen molar-refractivity contribution in [2.75, 3.05) is 46.7 Å². The van der Waals surface area contributed by atoms with Crippen molar-refractivity contribution in [3.05, 3.63) is 0 Å². The zero-order valence-electron chi connectivity index (χ0n) is 13.2. The molecule has 21 heavy (non-hydrogen) atoms. The molecule has 2 rings (SSSR count). The predicted molar refractivity (Wildman–Crippen MR) is 91.5 cm³/mol. The average Bonchev–Trinajstić information content (AvgIpc) is 2.50. The topological polar surface area (TPSA) is 66.0 Å². The molecule has 1 saturated heterocycles. The van der Waals surface area contributed by atoms with E-state index >= 15 is 0 Å². The van der Waals surface area contributed by atoms with Crippen LogP contribution in [-0.2, 0) is 0 Å². The van der Waals surface area contributed by atoms with Crippen molar-refractivity contribution in [3.63, 3.8) is 0 Å². The van der Waals surface area contributed by atoms with E-state index in [1.807, 2.05) is 18.7 Å². The molecule has 0 saturated carbocycles. The molecule has 0 radical (unpaired) electrons. The second kappa shape index (κ2) is 8.26. The highest BCUT2D eigenvalue weighted by molar-refractivity contribution is 7.99. The molecule has 1 aromatic heterocycles. The third-order valence-corrected chi connectivity index (χ3v) is 4.61. The normalized spacial score (nSPS) is 15.8. The maximum Gasteiger partial charge on any atom is 0.231 e. The molecule has 0 bridgehead atoms. The fourth-order valence-electron chi connectivity index (χ4n) is 2.34. The third kappa shape index (κ3) is 4.62. The molecule has 0 aliphatic carbocycles. The minimum Gasteiger partial charge on any atom is -0.354 e. The van der Waals surface area contributed by atoms with Gasteiger partial charge in [-0.15, -0.1) is 0 Å². The summed E-state index contributed by atoms with van der Waals surface area (Å²) in [6.07, 6.45) is 2.35. The maximum absolute atomic E-state index is 4.60. The maximum atomic E-state index is 4.60. The molecule has 0 spiro atoms. The van der Waals surface area contributed by atoms with Gasteiger partial charge in [0.05, 0.1) is 0 Å². The third-order valence-electron chi connectivity index (χ3n) is 3.56. The number of hydrogen-bond donors (Lipinski definition) is 2. The number of nitrogens with one attached hydrogen (secondary N) is 2. The van der Waals surface area contributed by atoms with E-state index in [1.54, 1.807) is 0 Å². The van der Waals surface area contributed by atoms with Crippen LogP contribution in [0.2, 0.25) is 0 Å². The van der Waals surface area contributed by atoms with Gasteiger partial charge >= 0.3 is 0 Å². The van der Waals surface area contributed by atoms with Crippen molar-refractivity contribution in [2.45, 2.75) is 39.7 Å². The van der Waals surface area contributed by atoms with E-state index < -0.39 is 0 Å². The van der Waals surface area contributed by atoms with Gasteiger partial charge in [-0.2, -0.15) is 26.7 Å². The van der Waals surface area contributed by atoms with Crippen molar-refractivity contribution in [1.29, 1.82) is 0 Å². The van der Waals surface area contributed by atoms with Crippen molar-refractivity contribution in [1.82, 2.24) is 15.0 Å². The van der Waals surface area contributed by atoms with E-state index in [0.29, 0.717) is 17.9 Å². The molecule has 0 unspecified atom stereocenters. The minimum atomic E-state index is 0.479. The van der Waals surface area contributed by atoms with Crippen molar-refractivity contribution in [3.8, 4) is 0 Å². The Morgan fingerprint density at radius 2 is 1.71 bits per heavy atom. The number of thioether (sulfide) groups is 1. The van der Waals surface area contributed by atoms with E-state index in [2.05, 4.69) is 44.3 Å². The minimum absolute atomic E-state index is 0.479. The second-order valence-electron chi connectivity index (χ2n) is 5.02. The molecule has 1 aliphatic rings. The quantitative estimate of drug-likeness (QED) is 0.802. The molecular weight excluding hydrogens is 284 g/mol. The van der Waals surface area contributed by atoms with Crippen LogP contribution in [0.4, 0.5) is 17.8 Å². The van der Waals surface area contributed by atoms with E-state index in [1.165, 1.54) is 24.3 Å². The zero-order valence-corrected chi connectivity index (χ0v) is 14.0. The Balaban J connectivity index is 2.17. The van der Waals surface area contributed by atoms with Gasteiger partial charge in [-0.1, -0.05) is 0 Å². The molecule has 1 fully saturated rings. The van der Waals surface area contributed by atoms with Crippen LogP contribution < -0.4 is 15.5 Å². The molecular formula is C14H26N6S. The van der Waals surface area contributed by atoms with E-state index in [-0.39, 0.29) is 0 Å². The SMILES string of the molecule is CCNc1nc(NC2CCSCC2)nc(N(CC)CC)n1. The summed E-state index contributed by atoms with van der Waals surface area (Å²) in [5.74, 6) is 4.53. The van der Waals surface area contributed by atoms with Gasteiger partial charge in [0, 0.05) is 25.7 Å². The fraction of sp³-hybridized carbons (Fsp3) is 0.786. The lowest BCUT2D eigenvalue weighted by atomic mass is 10.2. The van der Waals surface area contributed by atoms with Crippen LogP contribution in [0.3, 0.4) is 0 Å². The first-order valence-electron chi connectivity index (χ1n) is 7.86. The summed E-state index contributed by atoms with van der Waals surface area (Å²) >= 11 is 2.02. The van der Waals surface area contributed by atoms with Gasteiger partial charge in [-0.05, 0) is 45.1 Å². The van der Waals surface area contributed by atoms with Gasteiger partial charge in [0.15, 0.2) is 0 Å². The molecule has 0 amide bonds. The highest BCUT2D eigenvalue weighted by Crippen LogP contribution is 2.21. The van der Waals surface area contributed by atoms with Crippen LogP contribution in [0.5, 0.6) is 0 Å². The Morgan fingerprint density at radius 1 is 1.05 bits per heavy atom. The summed E-state index contributed by atoms with van der Waals surface area (Å²) in [5, 5.41) is 6.68. The Kier molecular flexibility index (Phi) is 6.35. The van der Waals surface area contributed by atoms with Crippen molar-refractivity contribution < 1.29 is 0 Å². The number of anilines is 3. The standard InChI is InChI=1S/C14H26N6S/c1-4-15-12-17-13(16-11-7-9-21-10-8-11)19-14(18-12)20(5-2)6-3/h11H,4-10H2,1-3H3,(H2,15,16,17,18,19). The summed E-state index contributed by atoms with van der Waals surface area (Å²) in [6.45, 7) is 8.88. The lowest BCUT2D eigenvalue weighted by Gasteiger charge is -2.24. The predicted octanol–water partition coefficient (Wildman–Crippen LogP) is 2.46. The lowest BCUT2D eigenvalue weighted by molar-refractivity contribution is 0.658. The molecule has 7 heteroatoms. The summed E-state index contributed by atoms with van der Waals surface area (Å²) in [7, 11) is 0. The Morgan fingerprint density at radius 3 is 2.33 bits per heavy atom. The monoisotopic (exact) mass is 310 g/mol. The van der Waals surface area contributed by atoms with Gasteiger partial charge in [-0.25, -0.2) is 0 Å². The molecule has 2 heterocycles. The number of aromatic nitrogens is 3. The van der Waals surface area contributed by atoms with Crippen molar-refractivity contribution in [2.24, 2.45) is 0 Å². The van der Waals surface area contributed by atoms with Gasteiger partial charge in [0.2, 0.25) is 17.8 Å². The van der Waals surface area contributed by atoms with Crippen LogP contribution in [0, 0.1) is 0 Å². The van der Waals surface area contributed by atoms with Crippen LogP contribution in [0.25, 0.3) is 0 Å². The Hall–Kier alpha value is -1.24. The van der Waals surface area contributed by atoms with Gasteiger partial charge in [0.25, 0.3) is 0 Å². The van der Waals surface area contributed by atoms with Crippen LogP contribution in [-0.4, -0.2) is 52.1 Å². The molecule has 6 nitrogen and oxygen atoms in total. The molecule has 2 N–H and O–H groups in total. The fourth-order valence-corrected chi connectivity index (χ4v) is 3.45. The molecule has 0 atom stereocenters. The number of hydrogen-bond acceptors (Lipinski definition) is 7. The highest BCUT2D eigenvalue weighted by atomic mass is 32.2. The molecule has 118 valence electrons. The van der Waals surface area contributed by atoms with E-state index in [0.717, 1.165) is 25.6 Å². The average molecular weight is 310 g/mol.